The third kappa shape index (κ3) is 8.74. The van der Waals surface area contributed by atoms with Crippen LogP contribution in [0.25, 0.3) is 0 Å². The molecule has 0 radical (unpaired) electrons. The Morgan fingerprint density at radius 3 is 1.93 bits per heavy atom. The smallest absolute Gasteiger partial charge is 0.132 e. The van der Waals surface area contributed by atoms with E-state index in [9.17, 15) is 9.46 Å². The predicted octanol–water partition coefficient (Wildman–Crippen LogP) is 2.94. The highest BCUT2D eigenvalue weighted by Crippen LogP contribution is 2.35. The molecular weight excluding hydrogens is 199 g/mol. The normalized spacial score (nSPS) is 15.8. The fourth-order valence-corrected chi connectivity index (χ4v) is 2.14. The van der Waals surface area contributed by atoms with Crippen molar-refractivity contribution in [2.45, 2.75) is 58.5 Å². The van der Waals surface area contributed by atoms with Crippen molar-refractivity contribution in [3.05, 3.63) is 0 Å². The van der Waals surface area contributed by atoms with E-state index in [0.29, 0.717) is 0 Å². The van der Waals surface area contributed by atoms with Gasteiger partial charge in [-0.1, -0.05) is 39.5 Å². The van der Waals surface area contributed by atoms with Crippen LogP contribution in [0.4, 0.5) is 0 Å². The summed E-state index contributed by atoms with van der Waals surface area (Å²) in [5.41, 5.74) is 0. The molecule has 0 aliphatic rings. The molecule has 0 aromatic heterocycles. The minimum atomic E-state index is -3.55. The van der Waals surface area contributed by atoms with Crippen molar-refractivity contribution in [3.8, 4) is 0 Å². The molecule has 3 nitrogen and oxygen atoms in total. The predicted molar refractivity (Wildman–Crippen MR) is 57.5 cm³/mol. The standard InChI is InChI=1S/C10H23O3P/c1-4-6-8-10(9-7-5-2)13-14(3,11)12/h10H,4-9H2,1-3H3,(H,11,12)/p-1. The lowest BCUT2D eigenvalue weighted by atomic mass is 10.1. The van der Waals surface area contributed by atoms with Gasteiger partial charge in [0.1, 0.15) is 7.60 Å². The average molecular weight is 221 g/mol. The minimum Gasteiger partial charge on any atom is -0.779 e. The Balaban J connectivity index is 3.90. The van der Waals surface area contributed by atoms with Crippen molar-refractivity contribution >= 4 is 7.60 Å². The first-order chi connectivity index (χ1) is 6.49. The van der Waals surface area contributed by atoms with Crippen molar-refractivity contribution in [2.75, 3.05) is 6.66 Å². The molecule has 1 unspecified atom stereocenters. The summed E-state index contributed by atoms with van der Waals surface area (Å²) >= 11 is 0. The maximum absolute atomic E-state index is 11.0. The highest BCUT2D eigenvalue weighted by molar-refractivity contribution is 7.50. The SMILES string of the molecule is CCCCC(CCCC)OP(C)(=O)[O-]. The topological polar surface area (TPSA) is 49.4 Å². The number of unbranched alkanes of at least 4 members (excludes halogenated alkanes) is 2. The second-order valence-corrected chi connectivity index (χ2v) is 5.54. The third-order valence-electron chi connectivity index (χ3n) is 2.10. The maximum atomic E-state index is 11.0. The fourth-order valence-electron chi connectivity index (χ4n) is 1.38. The van der Waals surface area contributed by atoms with Gasteiger partial charge >= 0.3 is 0 Å². The summed E-state index contributed by atoms with van der Waals surface area (Å²) in [7, 11) is -3.55. The van der Waals surface area contributed by atoms with Gasteiger partial charge in [0.2, 0.25) is 0 Å². The van der Waals surface area contributed by atoms with Gasteiger partial charge in [-0.25, -0.2) is 0 Å². The Morgan fingerprint density at radius 1 is 1.21 bits per heavy atom. The Hall–Kier alpha value is 0.150. The molecule has 4 heteroatoms. The molecule has 0 aromatic carbocycles. The van der Waals surface area contributed by atoms with E-state index < -0.39 is 7.60 Å². The van der Waals surface area contributed by atoms with Crippen LogP contribution in [0.2, 0.25) is 0 Å². The molecule has 0 saturated heterocycles. The first-order valence-electron chi connectivity index (χ1n) is 5.46. The first-order valence-corrected chi connectivity index (χ1v) is 7.45. The lowest BCUT2D eigenvalue weighted by Gasteiger charge is -2.25. The summed E-state index contributed by atoms with van der Waals surface area (Å²) in [6, 6.07) is 0. The summed E-state index contributed by atoms with van der Waals surface area (Å²) in [4.78, 5) is 11.0. The Labute approximate surface area is 87.4 Å². The van der Waals surface area contributed by atoms with Gasteiger partial charge in [0.15, 0.2) is 0 Å². The zero-order valence-electron chi connectivity index (χ0n) is 9.49. The lowest BCUT2D eigenvalue weighted by molar-refractivity contribution is -0.200. The van der Waals surface area contributed by atoms with Crippen LogP contribution in [0.3, 0.4) is 0 Å². The Morgan fingerprint density at radius 2 is 1.64 bits per heavy atom. The minimum absolute atomic E-state index is 0.0942. The van der Waals surface area contributed by atoms with Crippen LogP contribution in [0.1, 0.15) is 52.4 Å². The van der Waals surface area contributed by atoms with E-state index in [1.165, 1.54) is 0 Å². The quantitative estimate of drug-likeness (QED) is 0.592. The van der Waals surface area contributed by atoms with E-state index in [0.717, 1.165) is 45.2 Å². The molecule has 0 aliphatic heterocycles. The molecule has 0 spiro atoms. The molecule has 0 aliphatic carbocycles. The molecule has 0 saturated carbocycles. The van der Waals surface area contributed by atoms with Crippen molar-refractivity contribution in [3.63, 3.8) is 0 Å². The first kappa shape index (κ1) is 14.2. The highest BCUT2D eigenvalue weighted by atomic mass is 31.2. The van der Waals surface area contributed by atoms with Gasteiger partial charge in [-0.05, 0) is 12.8 Å². The van der Waals surface area contributed by atoms with Crippen molar-refractivity contribution < 1.29 is 14.0 Å². The van der Waals surface area contributed by atoms with Crippen molar-refractivity contribution in [1.29, 1.82) is 0 Å². The van der Waals surface area contributed by atoms with Gasteiger partial charge in [-0.2, -0.15) is 0 Å². The van der Waals surface area contributed by atoms with E-state index in [1.54, 1.807) is 0 Å². The van der Waals surface area contributed by atoms with Crippen molar-refractivity contribution in [1.82, 2.24) is 0 Å². The molecule has 14 heavy (non-hydrogen) atoms. The molecule has 86 valence electrons. The molecule has 0 rings (SSSR count). The van der Waals surface area contributed by atoms with Crippen LogP contribution in [-0.2, 0) is 9.09 Å². The van der Waals surface area contributed by atoms with E-state index in [4.69, 9.17) is 4.52 Å². The molecule has 0 aromatic rings. The van der Waals surface area contributed by atoms with E-state index in [-0.39, 0.29) is 6.10 Å². The summed E-state index contributed by atoms with van der Waals surface area (Å²) in [5, 5.41) is 0. The largest absolute Gasteiger partial charge is 0.779 e. The summed E-state index contributed by atoms with van der Waals surface area (Å²) in [5.74, 6) is 0. The van der Waals surface area contributed by atoms with Gasteiger partial charge in [0, 0.05) is 6.66 Å². The maximum Gasteiger partial charge on any atom is 0.132 e. The van der Waals surface area contributed by atoms with E-state index >= 15 is 0 Å². The average Bonchev–Trinajstić information content (AvgIpc) is 2.07. The zero-order chi connectivity index (χ0) is 11.0. The number of hydrogen-bond donors (Lipinski definition) is 0. The fraction of sp³-hybridized carbons (Fsp3) is 1.00. The highest BCUT2D eigenvalue weighted by Gasteiger charge is 2.12. The molecular formula is C10H22O3P-. The lowest BCUT2D eigenvalue weighted by Crippen LogP contribution is -2.15. The van der Waals surface area contributed by atoms with Crippen LogP contribution in [0, 0.1) is 0 Å². The van der Waals surface area contributed by atoms with Gasteiger partial charge in [-0.3, -0.25) is 0 Å². The van der Waals surface area contributed by atoms with Crippen LogP contribution in [-0.4, -0.2) is 12.8 Å². The van der Waals surface area contributed by atoms with Crippen LogP contribution < -0.4 is 4.89 Å². The van der Waals surface area contributed by atoms with Crippen molar-refractivity contribution in [2.24, 2.45) is 0 Å². The Bertz CT molecular complexity index is 168. The van der Waals surface area contributed by atoms with E-state index in [1.807, 2.05) is 0 Å². The number of hydrogen-bond acceptors (Lipinski definition) is 3. The van der Waals surface area contributed by atoms with Crippen LogP contribution >= 0.6 is 7.60 Å². The number of rotatable bonds is 8. The van der Waals surface area contributed by atoms with E-state index in [2.05, 4.69) is 13.8 Å². The second kappa shape index (κ2) is 7.44. The van der Waals surface area contributed by atoms with Gasteiger partial charge < -0.3 is 14.0 Å². The third-order valence-corrected chi connectivity index (χ3v) is 2.78. The molecule has 0 bridgehead atoms. The van der Waals surface area contributed by atoms with Crippen LogP contribution in [0.15, 0.2) is 0 Å². The van der Waals surface area contributed by atoms with Gasteiger partial charge in [0.05, 0.1) is 6.10 Å². The molecule has 0 amide bonds. The second-order valence-electron chi connectivity index (χ2n) is 3.78. The molecule has 0 heterocycles. The summed E-state index contributed by atoms with van der Waals surface area (Å²) in [6.07, 6.45) is 5.86. The summed E-state index contributed by atoms with van der Waals surface area (Å²) in [6.45, 7) is 5.34. The van der Waals surface area contributed by atoms with Crippen LogP contribution in [0.5, 0.6) is 0 Å². The molecule has 0 N–H and O–H groups in total. The molecule has 1 atom stereocenters. The zero-order valence-corrected chi connectivity index (χ0v) is 10.4. The molecule has 0 fully saturated rings. The van der Waals surface area contributed by atoms with Gasteiger partial charge in [-0.15, -0.1) is 0 Å². The summed E-state index contributed by atoms with van der Waals surface area (Å²) < 4.78 is 16.0. The monoisotopic (exact) mass is 221 g/mol. The Kier molecular flexibility index (Phi) is 7.52. The van der Waals surface area contributed by atoms with Gasteiger partial charge in [0.25, 0.3) is 0 Å².